The van der Waals surface area contributed by atoms with Crippen molar-refractivity contribution in [2.24, 2.45) is 0 Å². The van der Waals surface area contributed by atoms with E-state index < -0.39 is 0 Å². The van der Waals surface area contributed by atoms with Gasteiger partial charge in [0.05, 0.1) is 0 Å². The molecular formula is C2H10Cl4NTi. The Labute approximate surface area is 87.3 Å². The summed E-state index contributed by atoms with van der Waals surface area (Å²) in [6.07, 6.45) is 0. The quantitative estimate of drug-likeness (QED) is 0.580. The zero-order valence-corrected chi connectivity index (χ0v) is 9.41. The van der Waals surface area contributed by atoms with Gasteiger partial charge in [0.1, 0.15) is 0 Å². The Balaban J connectivity index is -0.00000000750. The van der Waals surface area contributed by atoms with E-state index in [1.165, 1.54) is 0 Å². The van der Waals surface area contributed by atoms with Gasteiger partial charge in [0.2, 0.25) is 0 Å². The SMILES string of the molecule is C[N](C)[Ti].Cl.Cl.Cl.Cl. The molecule has 0 unspecified atom stereocenters. The first-order chi connectivity index (χ1) is 1.73. The van der Waals surface area contributed by atoms with E-state index in [1.807, 2.05) is 38.2 Å². The van der Waals surface area contributed by atoms with Crippen LogP contribution in [0.1, 0.15) is 0 Å². The smallest absolute Gasteiger partial charge is 0.147 e. The van der Waals surface area contributed by atoms with Crippen LogP contribution in [0.25, 0.3) is 0 Å². The minimum Gasteiger partial charge on any atom is -0.147 e. The molecule has 0 radical (unpaired) electrons. The summed E-state index contributed by atoms with van der Waals surface area (Å²) in [6, 6.07) is 0. The van der Waals surface area contributed by atoms with Crippen molar-refractivity contribution in [2.45, 2.75) is 0 Å². The second-order valence-electron chi connectivity index (χ2n) is 0.894. The fourth-order valence-electron chi connectivity index (χ4n) is 0. The van der Waals surface area contributed by atoms with E-state index in [9.17, 15) is 0 Å². The number of nitrogens with zero attached hydrogens (tertiary/aromatic N) is 1. The summed E-state index contributed by atoms with van der Waals surface area (Å²) in [4.78, 5) is 0. The van der Waals surface area contributed by atoms with Crippen LogP contribution in [0, 0.1) is 0 Å². The van der Waals surface area contributed by atoms with E-state index in [2.05, 4.69) is 0 Å². The van der Waals surface area contributed by atoms with Gasteiger partial charge >= 0.3 is 38.2 Å². The van der Waals surface area contributed by atoms with Crippen molar-refractivity contribution in [1.29, 1.82) is 0 Å². The second-order valence-corrected chi connectivity index (χ2v) is 2.29. The van der Waals surface area contributed by atoms with Gasteiger partial charge in [-0.1, -0.05) is 0 Å². The number of hydrogen-bond acceptors (Lipinski definition) is 1. The van der Waals surface area contributed by atoms with Crippen molar-refractivity contribution in [3.05, 3.63) is 0 Å². The molecule has 0 heterocycles. The summed E-state index contributed by atoms with van der Waals surface area (Å²) in [7, 11) is 4.00. The average molecular weight is 238 g/mol. The first-order valence-electron chi connectivity index (χ1n) is 1.12. The zero-order chi connectivity index (χ0) is 3.58. The zero-order valence-electron chi connectivity index (χ0n) is 4.58. The third-order valence-corrected chi connectivity index (χ3v) is 0. The third-order valence-electron chi connectivity index (χ3n) is 0. The van der Waals surface area contributed by atoms with Crippen LogP contribution in [-0.4, -0.2) is 17.5 Å². The van der Waals surface area contributed by atoms with Crippen LogP contribution in [0.2, 0.25) is 0 Å². The maximum Gasteiger partial charge on any atom is -0.147 e. The van der Waals surface area contributed by atoms with Crippen LogP contribution >= 0.6 is 49.6 Å². The molecule has 0 rings (SSSR count). The molecule has 0 fully saturated rings. The number of halogens is 4. The molecule has 0 saturated heterocycles. The Morgan fingerprint density at radius 3 is 0.875 bits per heavy atom. The Morgan fingerprint density at radius 1 is 0.875 bits per heavy atom. The Hall–Kier alpha value is 1.83. The van der Waals surface area contributed by atoms with Crippen LogP contribution in [0.3, 0.4) is 0 Å². The van der Waals surface area contributed by atoms with E-state index in [4.69, 9.17) is 0 Å². The molecule has 0 spiro atoms. The monoisotopic (exact) mass is 236 g/mol. The van der Waals surface area contributed by atoms with E-state index in [1.54, 1.807) is 0 Å². The molecular weight excluding hydrogens is 228 g/mol. The minimum absolute atomic E-state index is 0. The fourth-order valence-corrected chi connectivity index (χ4v) is 0. The molecule has 8 heavy (non-hydrogen) atoms. The molecule has 0 aromatic rings. The van der Waals surface area contributed by atoms with Crippen LogP contribution in [0.5, 0.6) is 0 Å². The maximum atomic E-state index is 2.00. The minimum atomic E-state index is 0. The molecule has 0 bridgehead atoms. The van der Waals surface area contributed by atoms with Crippen LogP contribution < -0.4 is 0 Å². The molecule has 1 nitrogen and oxygen atoms in total. The van der Waals surface area contributed by atoms with Gasteiger partial charge in [-0.2, -0.15) is 0 Å². The molecule has 0 aromatic carbocycles. The van der Waals surface area contributed by atoms with Gasteiger partial charge in [-0.3, -0.25) is 0 Å². The van der Waals surface area contributed by atoms with Crippen molar-refractivity contribution in [2.75, 3.05) is 14.1 Å². The molecule has 0 saturated carbocycles. The van der Waals surface area contributed by atoms with Crippen LogP contribution in [-0.2, 0) is 20.7 Å². The molecule has 0 amide bonds. The van der Waals surface area contributed by atoms with E-state index in [0.717, 1.165) is 0 Å². The van der Waals surface area contributed by atoms with E-state index in [-0.39, 0.29) is 49.6 Å². The molecule has 0 N–H and O–H groups in total. The van der Waals surface area contributed by atoms with Crippen molar-refractivity contribution in [3.8, 4) is 0 Å². The molecule has 0 aliphatic carbocycles. The summed E-state index contributed by atoms with van der Waals surface area (Å²) >= 11 is 2.00. The second kappa shape index (κ2) is 23.2. The predicted molar refractivity (Wildman–Crippen MR) is 42.7 cm³/mol. The maximum absolute atomic E-state index is 2.00. The van der Waals surface area contributed by atoms with E-state index >= 15 is 0 Å². The van der Waals surface area contributed by atoms with Crippen LogP contribution in [0.15, 0.2) is 0 Å². The van der Waals surface area contributed by atoms with Gasteiger partial charge in [0, 0.05) is 0 Å². The molecule has 0 aromatic heterocycles. The van der Waals surface area contributed by atoms with Crippen molar-refractivity contribution in [3.63, 3.8) is 0 Å². The Morgan fingerprint density at radius 2 is 0.875 bits per heavy atom. The standard InChI is InChI=1S/C2H6N.4ClH.Ti/c1-3-2;;;;;/h1-2H3;4*1H;/q-1;;;;;+1. The van der Waals surface area contributed by atoms with Gasteiger partial charge < -0.3 is 0 Å². The average Bonchev–Trinajstić information content (AvgIpc) is 0.811. The molecule has 55 valence electrons. The van der Waals surface area contributed by atoms with Gasteiger partial charge in [-0.05, 0) is 0 Å². The number of hydrogen-bond donors (Lipinski definition) is 0. The Kier molecular flexibility index (Phi) is 95.2. The molecule has 0 aliphatic heterocycles. The van der Waals surface area contributed by atoms with Gasteiger partial charge in [0.25, 0.3) is 0 Å². The fraction of sp³-hybridized carbons (Fsp3) is 1.00. The molecule has 6 heteroatoms. The predicted octanol–water partition coefficient (Wildman–Crippen LogP) is 1.70. The van der Waals surface area contributed by atoms with Crippen molar-refractivity contribution in [1.82, 2.24) is 3.38 Å². The first kappa shape index (κ1) is 32.8. The normalized spacial score (nSPS) is 4.25. The first-order valence-corrected chi connectivity index (χ1v) is 1.82. The number of rotatable bonds is 0. The van der Waals surface area contributed by atoms with Crippen molar-refractivity contribution < 1.29 is 20.7 Å². The summed E-state index contributed by atoms with van der Waals surface area (Å²) in [6.45, 7) is 0. The topological polar surface area (TPSA) is 3.24 Å². The largest absolute Gasteiger partial charge is 0.147 e. The Bertz CT molecular complexity index is 18.8. The summed E-state index contributed by atoms with van der Waals surface area (Å²) in [5.41, 5.74) is 0. The van der Waals surface area contributed by atoms with Gasteiger partial charge in [0.15, 0.2) is 0 Å². The van der Waals surface area contributed by atoms with Crippen LogP contribution in [0.4, 0.5) is 0 Å². The van der Waals surface area contributed by atoms with E-state index in [0.29, 0.717) is 0 Å². The van der Waals surface area contributed by atoms with Gasteiger partial charge in [-0.15, -0.1) is 49.6 Å². The summed E-state index contributed by atoms with van der Waals surface area (Å²) < 4.78 is 2.00. The summed E-state index contributed by atoms with van der Waals surface area (Å²) in [5.74, 6) is 0. The third kappa shape index (κ3) is 109. The molecule has 0 aliphatic rings. The summed E-state index contributed by atoms with van der Waals surface area (Å²) in [5, 5.41) is 0. The van der Waals surface area contributed by atoms with Gasteiger partial charge in [-0.25, -0.2) is 0 Å². The van der Waals surface area contributed by atoms with Crippen molar-refractivity contribution >= 4 is 49.6 Å². The molecule has 0 atom stereocenters.